The summed E-state index contributed by atoms with van der Waals surface area (Å²) < 4.78 is 4.84. The maximum Gasteiger partial charge on any atom is 0.331 e. The van der Waals surface area contributed by atoms with Crippen molar-refractivity contribution >= 4 is 35.5 Å². The minimum absolute atomic E-state index is 0.217. The van der Waals surface area contributed by atoms with Crippen molar-refractivity contribution in [3.8, 4) is 0 Å². The van der Waals surface area contributed by atoms with E-state index in [9.17, 15) is 14.4 Å². The third-order valence-electron chi connectivity index (χ3n) is 3.32. The summed E-state index contributed by atoms with van der Waals surface area (Å²) >= 11 is 5.99. The molecule has 0 radical (unpaired) electrons. The summed E-state index contributed by atoms with van der Waals surface area (Å²) in [6.07, 6.45) is 3.81. The van der Waals surface area contributed by atoms with Crippen LogP contribution in [0.2, 0.25) is 5.02 Å². The van der Waals surface area contributed by atoms with E-state index in [0.717, 1.165) is 16.0 Å². The Kier molecular flexibility index (Phi) is 5.33. The normalized spacial score (nSPS) is 14.6. The van der Waals surface area contributed by atoms with Gasteiger partial charge in [0.25, 0.3) is 5.91 Å². The van der Waals surface area contributed by atoms with Crippen molar-refractivity contribution in [1.29, 1.82) is 0 Å². The quantitative estimate of drug-likeness (QED) is 0.631. The van der Waals surface area contributed by atoms with E-state index in [-0.39, 0.29) is 5.91 Å². The van der Waals surface area contributed by atoms with Gasteiger partial charge < -0.3 is 4.74 Å². The molecular weight excluding hydrogens is 306 g/mol. The highest BCUT2D eigenvalue weighted by molar-refractivity contribution is 6.31. The molecule has 0 aliphatic carbocycles. The number of esters is 1. The highest BCUT2D eigenvalue weighted by atomic mass is 35.5. The average Bonchev–Trinajstić information content (AvgIpc) is 2.92. The number of amides is 2. The van der Waals surface area contributed by atoms with Crippen LogP contribution in [0, 0.1) is 6.92 Å². The Bertz CT molecular complexity index is 639. The number of rotatable bonds is 4. The molecule has 1 saturated heterocycles. The van der Waals surface area contributed by atoms with Crippen LogP contribution in [0.5, 0.6) is 0 Å². The zero-order valence-electron chi connectivity index (χ0n) is 12.2. The van der Waals surface area contributed by atoms with Crippen LogP contribution in [0.3, 0.4) is 0 Å². The molecule has 116 valence electrons. The van der Waals surface area contributed by atoms with Crippen LogP contribution in [0.25, 0.3) is 6.08 Å². The van der Waals surface area contributed by atoms with Gasteiger partial charge in [-0.25, -0.2) is 4.79 Å². The minimum Gasteiger partial charge on any atom is -0.452 e. The molecule has 1 heterocycles. The SMILES string of the molecule is Cc1ccc(/C=C/C(=O)OCC(=O)N2CCCC2=O)cc1Cl. The largest absolute Gasteiger partial charge is 0.452 e. The Balaban J connectivity index is 1.84. The maximum absolute atomic E-state index is 11.7. The molecule has 2 amide bonds. The lowest BCUT2D eigenvalue weighted by Gasteiger charge is -2.12. The fourth-order valence-electron chi connectivity index (χ4n) is 2.05. The molecule has 0 saturated carbocycles. The summed E-state index contributed by atoms with van der Waals surface area (Å²) in [6, 6.07) is 5.39. The van der Waals surface area contributed by atoms with Gasteiger partial charge in [0.15, 0.2) is 6.61 Å². The number of aryl methyl sites for hydroxylation is 1. The van der Waals surface area contributed by atoms with E-state index in [4.69, 9.17) is 16.3 Å². The van der Waals surface area contributed by atoms with Gasteiger partial charge in [-0.2, -0.15) is 0 Å². The van der Waals surface area contributed by atoms with Crippen LogP contribution in [-0.4, -0.2) is 35.8 Å². The van der Waals surface area contributed by atoms with E-state index in [1.54, 1.807) is 12.1 Å². The van der Waals surface area contributed by atoms with Crippen molar-refractivity contribution in [1.82, 2.24) is 4.90 Å². The molecule has 0 spiro atoms. The zero-order chi connectivity index (χ0) is 16.1. The molecule has 0 atom stereocenters. The standard InChI is InChI=1S/C16H16ClNO4/c1-11-4-5-12(9-13(11)17)6-7-16(21)22-10-15(20)18-8-2-3-14(18)19/h4-7,9H,2-3,8,10H2,1H3/b7-6+. The Hall–Kier alpha value is -2.14. The molecule has 1 aliphatic rings. The third kappa shape index (κ3) is 4.18. The van der Waals surface area contributed by atoms with Gasteiger partial charge in [-0.1, -0.05) is 23.7 Å². The van der Waals surface area contributed by atoms with E-state index in [0.29, 0.717) is 24.4 Å². The molecule has 22 heavy (non-hydrogen) atoms. The van der Waals surface area contributed by atoms with E-state index < -0.39 is 18.5 Å². The molecule has 1 aliphatic heterocycles. The van der Waals surface area contributed by atoms with E-state index in [1.165, 1.54) is 6.08 Å². The number of benzene rings is 1. The predicted molar refractivity (Wildman–Crippen MR) is 82.1 cm³/mol. The van der Waals surface area contributed by atoms with Crippen molar-refractivity contribution in [2.24, 2.45) is 0 Å². The first-order valence-corrected chi connectivity index (χ1v) is 7.29. The van der Waals surface area contributed by atoms with Crippen LogP contribution in [-0.2, 0) is 19.1 Å². The van der Waals surface area contributed by atoms with Crippen molar-refractivity contribution in [2.45, 2.75) is 19.8 Å². The highest BCUT2D eigenvalue weighted by Gasteiger charge is 2.26. The van der Waals surface area contributed by atoms with Crippen LogP contribution in [0.15, 0.2) is 24.3 Å². The lowest BCUT2D eigenvalue weighted by molar-refractivity contribution is -0.151. The number of imide groups is 1. The summed E-state index contributed by atoms with van der Waals surface area (Å²) in [5.74, 6) is -1.34. The molecule has 1 aromatic carbocycles. The van der Waals surface area contributed by atoms with Gasteiger partial charge in [0.2, 0.25) is 5.91 Å². The first-order chi connectivity index (χ1) is 10.5. The predicted octanol–water partition coefficient (Wildman–Crippen LogP) is 2.35. The molecule has 0 bridgehead atoms. The number of carbonyl (C=O) groups is 3. The Morgan fingerprint density at radius 3 is 2.82 bits per heavy atom. The summed E-state index contributed by atoms with van der Waals surface area (Å²) in [7, 11) is 0. The number of likely N-dealkylation sites (tertiary alicyclic amines) is 1. The smallest absolute Gasteiger partial charge is 0.331 e. The van der Waals surface area contributed by atoms with Crippen LogP contribution >= 0.6 is 11.6 Å². The minimum atomic E-state index is -0.642. The number of hydrogen-bond acceptors (Lipinski definition) is 4. The summed E-state index contributed by atoms with van der Waals surface area (Å²) in [5, 5.41) is 0.609. The van der Waals surface area contributed by atoms with E-state index >= 15 is 0 Å². The molecule has 0 unspecified atom stereocenters. The van der Waals surface area contributed by atoms with E-state index in [2.05, 4.69) is 0 Å². The van der Waals surface area contributed by atoms with Crippen molar-refractivity contribution in [3.05, 3.63) is 40.4 Å². The second-order valence-electron chi connectivity index (χ2n) is 4.99. The molecule has 0 N–H and O–H groups in total. The van der Waals surface area contributed by atoms with Gasteiger partial charge in [-0.3, -0.25) is 14.5 Å². The van der Waals surface area contributed by atoms with Gasteiger partial charge in [-0.05, 0) is 36.6 Å². The van der Waals surface area contributed by atoms with Gasteiger partial charge in [0.1, 0.15) is 0 Å². The van der Waals surface area contributed by atoms with Crippen molar-refractivity contribution in [3.63, 3.8) is 0 Å². The van der Waals surface area contributed by atoms with Crippen LogP contribution in [0.4, 0.5) is 0 Å². The van der Waals surface area contributed by atoms with Crippen molar-refractivity contribution < 1.29 is 19.1 Å². The lowest BCUT2D eigenvalue weighted by atomic mass is 10.1. The molecular formula is C16H16ClNO4. The molecule has 5 nitrogen and oxygen atoms in total. The molecule has 0 aromatic heterocycles. The number of halogens is 1. The molecule has 1 fully saturated rings. The summed E-state index contributed by atoms with van der Waals surface area (Å²) in [5.41, 5.74) is 1.70. The molecule has 6 heteroatoms. The number of nitrogens with zero attached hydrogens (tertiary/aromatic N) is 1. The Labute approximate surface area is 133 Å². The second-order valence-corrected chi connectivity index (χ2v) is 5.40. The monoisotopic (exact) mass is 321 g/mol. The molecule has 2 rings (SSSR count). The zero-order valence-corrected chi connectivity index (χ0v) is 12.9. The fraction of sp³-hybridized carbons (Fsp3) is 0.312. The highest BCUT2D eigenvalue weighted by Crippen LogP contribution is 2.17. The topological polar surface area (TPSA) is 63.7 Å². The average molecular weight is 322 g/mol. The second kappa shape index (κ2) is 7.22. The number of carbonyl (C=O) groups excluding carboxylic acids is 3. The van der Waals surface area contributed by atoms with Crippen LogP contribution < -0.4 is 0 Å². The summed E-state index contributed by atoms with van der Waals surface area (Å²) in [4.78, 5) is 35.8. The van der Waals surface area contributed by atoms with E-state index in [1.807, 2.05) is 19.1 Å². The molecule has 1 aromatic rings. The first kappa shape index (κ1) is 16.2. The maximum atomic E-state index is 11.7. The first-order valence-electron chi connectivity index (χ1n) is 6.91. The third-order valence-corrected chi connectivity index (χ3v) is 3.73. The van der Waals surface area contributed by atoms with Crippen molar-refractivity contribution in [2.75, 3.05) is 13.2 Å². The van der Waals surface area contributed by atoms with Gasteiger partial charge in [-0.15, -0.1) is 0 Å². The number of hydrogen-bond donors (Lipinski definition) is 0. The van der Waals surface area contributed by atoms with Gasteiger partial charge >= 0.3 is 5.97 Å². The Morgan fingerprint density at radius 2 is 2.18 bits per heavy atom. The lowest BCUT2D eigenvalue weighted by Crippen LogP contribution is -2.35. The fourth-order valence-corrected chi connectivity index (χ4v) is 2.24. The van der Waals surface area contributed by atoms with Crippen LogP contribution in [0.1, 0.15) is 24.0 Å². The van der Waals surface area contributed by atoms with Gasteiger partial charge in [0, 0.05) is 24.1 Å². The Morgan fingerprint density at radius 1 is 1.41 bits per heavy atom. The summed E-state index contributed by atoms with van der Waals surface area (Å²) in [6.45, 7) is 1.85. The number of ether oxygens (including phenoxy) is 1. The van der Waals surface area contributed by atoms with Gasteiger partial charge in [0.05, 0.1) is 0 Å².